The van der Waals surface area contributed by atoms with E-state index in [4.69, 9.17) is 11.5 Å². The fourth-order valence-electron chi connectivity index (χ4n) is 2.51. The van der Waals surface area contributed by atoms with Crippen molar-refractivity contribution in [2.24, 2.45) is 16.5 Å². The third kappa shape index (κ3) is 3.21. The Balaban J connectivity index is 2.23. The van der Waals surface area contributed by atoms with Crippen molar-refractivity contribution in [2.75, 3.05) is 6.54 Å². The first-order chi connectivity index (χ1) is 9.90. The lowest BCUT2D eigenvalue weighted by atomic mass is 10.1. The van der Waals surface area contributed by atoms with Crippen molar-refractivity contribution >= 4 is 17.8 Å². The Morgan fingerprint density at radius 2 is 1.95 bits per heavy atom. The summed E-state index contributed by atoms with van der Waals surface area (Å²) in [7, 11) is 0. The van der Waals surface area contributed by atoms with E-state index in [-0.39, 0.29) is 11.9 Å². The van der Waals surface area contributed by atoms with Gasteiger partial charge < -0.3 is 16.4 Å². The lowest BCUT2D eigenvalue weighted by Gasteiger charge is -2.22. The topological polar surface area (TPSA) is 102 Å². The van der Waals surface area contributed by atoms with Crippen LogP contribution in [0.2, 0.25) is 0 Å². The van der Waals surface area contributed by atoms with Crippen LogP contribution in [0.5, 0.6) is 0 Å². The Morgan fingerprint density at radius 1 is 1.24 bits per heavy atom. The van der Waals surface area contributed by atoms with Crippen LogP contribution in [-0.2, 0) is 4.79 Å². The molecule has 1 atom stereocenters. The molecule has 4 N–H and O–H groups in total. The number of rotatable bonds is 2. The van der Waals surface area contributed by atoms with Crippen molar-refractivity contribution in [3.63, 3.8) is 0 Å². The maximum Gasteiger partial charge on any atom is 0.271 e. The number of carbonyl (C=O) groups is 2. The molecule has 1 aromatic rings. The third-order valence-electron chi connectivity index (χ3n) is 3.79. The number of amides is 2. The van der Waals surface area contributed by atoms with Gasteiger partial charge >= 0.3 is 0 Å². The zero-order valence-electron chi connectivity index (χ0n) is 12.3. The lowest BCUT2D eigenvalue weighted by molar-refractivity contribution is -0.121. The molecule has 1 aromatic carbocycles. The molecule has 1 heterocycles. The normalized spacial score (nSPS) is 17.6. The molecule has 1 aliphatic heterocycles. The summed E-state index contributed by atoms with van der Waals surface area (Å²) in [5, 5.41) is 0. The summed E-state index contributed by atoms with van der Waals surface area (Å²) >= 11 is 0. The lowest BCUT2D eigenvalue weighted by Crippen LogP contribution is -2.41. The highest BCUT2D eigenvalue weighted by Crippen LogP contribution is 2.22. The van der Waals surface area contributed by atoms with Gasteiger partial charge in [-0.3, -0.25) is 9.59 Å². The molecule has 1 aliphatic rings. The van der Waals surface area contributed by atoms with E-state index in [2.05, 4.69) is 4.99 Å². The number of nitrogens with zero attached hydrogens (tertiary/aromatic N) is 2. The van der Waals surface area contributed by atoms with Crippen molar-refractivity contribution in [1.82, 2.24) is 4.90 Å². The number of likely N-dealkylation sites (tertiary alicyclic amines) is 1. The monoisotopic (exact) mass is 288 g/mol. The van der Waals surface area contributed by atoms with E-state index >= 15 is 0 Å². The van der Waals surface area contributed by atoms with E-state index < -0.39 is 11.9 Å². The predicted octanol–water partition coefficient (Wildman–Crippen LogP) is 0.708. The average Bonchev–Trinajstić information content (AvgIpc) is 2.89. The summed E-state index contributed by atoms with van der Waals surface area (Å²) < 4.78 is 0. The fourth-order valence-corrected chi connectivity index (χ4v) is 2.51. The van der Waals surface area contributed by atoms with Gasteiger partial charge in [0.05, 0.1) is 0 Å². The SMILES string of the molecule is Cc1ccc(C(=O)N2CCCC2C(=O)N=C(N)N)cc1C. The van der Waals surface area contributed by atoms with Crippen LogP contribution in [-0.4, -0.2) is 35.3 Å². The second kappa shape index (κ2) is 5.95. The minimum absolute atomic E-state index is 0.153. The van der Waals surface area contributed by atoms with Gasteiger partial charge in [0.15, 0.2) is 5.96 Å². The molecule has 0 saturated carbocycles. The Hall–Kier alpha value is -2.37. The molecule has 1 fully saturated rings. The van der Waals surface area contributed by atoms with E-state index in [1.807, 2.05) is 26.0 Å². The number of hydrogen-bond acceptors (Lipinski definition) is 2. The third-order valence-corrected chi connectivity index (χ3v) is 3.79. The molecule has 2 rings (SSSR count). The highest BCUT2D eigenvalue weighted by atomic mass is 16.2. The van der Waals surface area contributed by atoms with Crippen LogP contribution in [0.4, 0.5) is 0 Å². The molecule has 6 nitrogen and oxygen atoms in total. The number of nitrogens with two attached hydrogens (primary N) is 2. The van der Waals surface area contributed by atoms with Gasteiger partial charge in [0.25, 0.3) is 11.8 Å². The summed E-state index contributed by atoms with van der Waals surface area (Å²) in [6.07, 6.45) is 1.36. The smallest absolute Gasteiger partial charge is 0.271 e. The minimum Gasteiger partial charge on any atom is -0.370 e. The number of aryl methyl sites for hydroxylation is 2. The first-order valence-corrected chi connectivity index (χ1v) is 6.92. The van der Waals surface area contributed by atoms with Gasteiger partial charge in [-0.25, -0.2) is 0 Å². The number of hydrogen-bond donors (Lipinski definition) is 2. The quantitative estimate of drug-likeness (QED) is 0.618. The number of benzene rings is 1. The van der Waals surface area contributed by atoms with E-state index in [1.54, 1.807) is 11.0 Å². The molecule has 0 aromatic heterocycles. The van der Waals surface area contributed by atoms with Crippen LogP contribution in [0, 0.1) is 13.8 Å². The summed E-state index contributed by atoms with van der Waals surface area (Å²) in [4.78, 5) is 29.7. The molecule has 0 radical (unpaired) electrons. The van der Waals surface area contributed by atoms with Gasteiger partial charge in [0.1, 0.15) is 6.04 Å². The summed E-state index contributed by atoms with van der Waals surface area (Å²) in [5.41, 5.74) is 13.2. The Morgan fingerprint density at radius 3 is 2.57 bits per heavy atom. The number of guanidine groups is 1. The first-order valence-electron chi connectivity index (χ1n) is 6.92. The van der Waals surface area contributed by atoms with Gasteiger partial charge in [-0.2, -0.15) is 4.99 Å². The van der Waals surface area contributed by atoms with E-state index in [0.717, 1.165) is 17.5 Å². The second-order valence-electron chi connectivity index (χ2n) is 5.33. The van der Waals surface area contributed by atoms with Crippen molar-refractivity contribution < 1.29 is 9.59 Å². The molecule has 21 heavy (non-hydrogen) atoms. The van der Waals surface area contributed by atoms with Crippen LogP contribution in [0.25, 0.3) is 0 Å². The van der Waals surface area contributed by atoms with E-state index in [9.17, 15) is 9.59 Å². The first kappa shape index (κ1) is 15.0. The summed E-state index contributed by atoms with van der Waals surface area (Å²) in [5.74, 6) is -0.880. The zero-order valence-corrected chi connectivity index (χ0v) is 12.3. The van der Waals surface area contributed by atoms with Crippen LogP contribution in [0.3, 0.4) is 0 Å². The molecule has 0 spiro atoms. The van der Waals surface area contributed by atoms with Crippen molar-refractivity contribution in [3.05, 3.63) is 34.9 Å². The summed E-state index contributed by atoms with van der Waals surface area (Å²) in [6.45, 7) is 4.49. The zero-order chi connectivity index (χ0) is 15.6. The molecule has 2 amide bonds. The molecule has 1 saturated heterocycles. The van der Waals surface area contributed by atoms with Gasteiger partial charge in [0.2, 0.25) is 0 Å². The van der Waals surface area contributed by atoms with Gasteiger partial charge in [-0.15, -0.1) is 0 Å². The van der Waals surface area contributed by atoms with Crippen LogP contribution in [0.15, 0.2) is 23.2 Å². The number of aliphatic imine (C=N–C) groups is 1. The molecular weight excluding hydrogens is 268 g/mol. The van der Waals surface area contributed by atoms with Crippen molar-refractivity contribution in [3.8, 4) is 0 Å². The predicted molar refractivity (Wildman–Crippen MR) is 80.8 cm³/mol. The second-order valence-corrected chi connectivity index (χ2v) is 5.33. The summed E-state index contributed by atoms with van der Waals surface area (Å²) in [6, 6.07) is 4.97. The van der Waals surface area contributed by atoms with Crippen molar-refractivity contribution in [1.29, 1.82) is 0 Å². The van der Waals surface area contributed by atoms with Crippen LogP contribution >= 0.6 is 0 Å². The Kier molecular flexibility index (Phi) is 4.26. The van der Waals surface area contributed by atoms with Crippen molar-refractivity contribution in [2.45, 2.75) is 32.7 Å². The van der Waals surface area contributed by atoms with Gasteiger partial charge in [-0.1, -0.05) is 6.07 Å². The van der Waals surface area contributed by atoms with E-state index in [1.165, 1.54) is 0 Å². The maximum atomic E-state index is 12.6. The molecule has 0 bridgehead atoms. The fraction of sp³-hybridized carbons (Fsp3) is 0.400. The maximum absolute atomic E-state index is 12.6. The van der Waals surface area contributed by atoms with Gasteiger partial charge in [-0.05, 0) is 49.9 Å². The molecular formula is C15H20N4O2. The van der Waals surface area contributed by atoms with Gasteiger partial charge in [0, 0.05) is 12.1 Å². The molecule has 0 aliphatic carbocycles. The largest absolute Gasteiger partial charge is 0.370 e. The minimum atomic E-state index is -0.568. The number of carbonyl (C=O) groups excluding carboxylic acids is 2. The average molecular weight is 288 g/mol. The highest BCUT2D eigenvalue weighted by molar-refractivity contribution is 6.00. The highest BCUT2D eigenvalue weighted by Gasteiger charge is 2.34. The van der Waals surface area contributed by atoms with Crippen LogP contribution in [0.1, 0.15) is 34.3 Å². The Labute approximate surface area is 123 Å². The molecule has 1 unspecified atom stereocenters. The van der Waals surface area contributed by atoms with E-state index in [0.29, 0.717) is 18.5 Å². The molecule has 6 heteroatoms. The van der Waals surface area contributed by atoms with Crippen LogP contribution < -0.4 is 11.5 Å². The standard InChI is InChI=1S/C15H20N4O2/c1-9-5-6-11(8-10(9)2)14(21)19-7-3-4-12(19)13(20)18-15(16)17/h5-6,8,12H,3-4,7H2,1-2H3,(H4,16,17,18,20). The Bertz CT molecular complexity index is 606. The molecule has 112 valence electrons.